The normalized spacial score (nSPS) is 13.3. The van der Waals surface area contributed by atoms with Gasteiger partial charge in [-0.3, -0.25) is 4.79 Å². The van der Waals surface area contributed by atoms with Gasteiger partial charge in [-0.05, 0) is 13.8 Å². The van der Waals surface area contributed by atoms with E-state index in [-0.39, 0.29) is 11.9 Å². The summed E-state index contributed by atoms with van der Waals surface area (Å²) in [6.07, 6.45) is 5.19. The molecule has 0 N–H and O–H groups in total. The van der Waals surface area contributed by atoms with Gasteiger partial charge in [0.2, 0.25) is 0 Å². The molecule has 0 radical (unpaired) electrons. The van der Waals surface area contributed by atoms with Crippen molar-refractivity contribution in [1.29, 1.82) is 0 Å². The second kappa shape index (κ2) is 8.64. The van der Waals surface area contributed by atoms with E-state index < -0.39 is 11.4 Å². The Labute approximate surface area is 115 Å². The number of hydrogen-bond donors (Lipinski definition) is 0. The van der Waals surface area contributed by atoms with Gasteiger partial charge in [0, 0.05) is 31.4 Å². The summed E-state index contributed by atoms with van der Waals surface area (Å²) in [5.74, 6) is -0.392. The summed E-state index contributed by atoms with van der Waals surface area (Å²) in [7, 11) is 1.54. The molecule has 0 aromatic heterocycles. The van der Waals surface area contributed by atoms with Gasteiger partial charge in [0.15, 0.2) is 0 Å². The van der Waals surface area contributed by atoms with E-state index in [9.17, 15) is 9.59 Å². The average molecular weight is 268 g/mol. The quantitative estimate of drug-likeness (QED) is 0.366. The molecule has 0 amide bonds. The lowest BCUT2D eigenvalue weighted by atomic mass is 9.86. The van der Waals surface area contributed by atoms with Crippen molar-refractivity contribution in [1.82, 2.24) is 0 Å². The first-order valence-corrected chi connectivity index (χ1v) is 6.40. The lowest BCUT2D eigenvalue weighted by Crippen LogP contribution is -2.23. The monoisotopic (exact) mass is 268 g/mol. The van der Waals surface area contributed by atoms with Crippen molar-refractivity contribution >= 4 is 11.8 Å². The van der Waals surface area contributed by atoms with Crippen molar-refractivity contribution in [3.8, 4) is 0 Å². The molecule has 0 aromatic rings. The number of methoxy groups -OCH3 is 1. The van der Waals surface area contributed by atoms with Gasteiger partial charge in [0.1, 0.15) is 11.9 Å². The van der Waals surface area contributed by atoms with Gasteiger partial charge < -0.3 is 9.47 Å². The van der Waals surface area contributed by atoms with Crippen LogP contribution >= 0.6 is 0 Å². The fourth-order valence-electron chi connectivity index (χ4n) is 1.55. The molecule has 0 aliphatic rings. The Balaban J connectivity index is 4.51. The third-order valence-corrected chi connectivity index (χ3v) is 2.74. The van der Waals surface area contributed by atoms with Gasteiger partial charge in [-0.2, -0.15) is 0 Å². The number of carbonyl (C=O) groups is 2. The van der Waals surface area contributed by atoms with Crippen LogP contribution in [0.15, 0.2) is 24.8 Å². The van der Waals surface area contributed by atoms with Crippen LogP contribution in [0, 0.1) is 5.41 Å². The smallest absolute Gasteiger partial charge is 0.330 e. The van der Waals surface area contributed by atoms with Crippen molar-refractivity contribution in [3.05, 3.63) is 24.8 Å². The SMILES string of the molecule is C=CCC(COC)OC(=O)/C=C/C(C)(C)C(=O)CC. The molecular weight excluding hydrogens is 244 g/mol. The number of allylic oxidation sites excluding steroid dienone is 1. The van der Waals surface area contributed by atoms with Crippen LogP contribution in [0.3, 0.4) is 0 Å². The number of ether oxygens (including phenoxy) is 2. The van der Waals surface area contributed by atoms with Gasteiger partial charge in [0.25, 0.3) is 0 Å². The highest BCUT2D eigenvalue weighted by atomic mass is 16.6. The number of Topliss-reactive ketones (excluding diaryl/α,β-unsaturated/α-hetero) is 1. The Bertz CT molecular complexity index is 342. The molecule has 19 heavy (non-hydrogen) atoms. The van der Waals surface area contributed by atoms with E-state index in [1.54, 1.807) is 40.0 Å². The van der Waals surface area contributed by atoms with Crippen LogP contribution in [0.2, 0.25) is 0 Å². The van der Waals surface area contributed by atoms with Crippen LogP contribution in [0.25, 0.3) is 0 Å². The summed E-state index contributed by atoms with van der Waals surface area (Å²) in [5, 5.41) is 0. The fourth-order valence-corrected chi connectivity index (χ4v) is 1.55. The van der Waals surface area contributed by atoms with Crippen molar-refractivity contribution in [2.75, 3.05) is 13.7 Å². The Morgan fingerprint density at radius 3 is 2.47 bits per heavy atom. The van der Waals surface area contributed by atoms with Crippen LogP contribution in [0.5, 0.6) is 0 Å². The maximum Gasteiger partial charge on any atom is 0.330 e. The van der Waals surface area contributed by atoms with E-state index in [0.29, 0.717) is 19.4 Å². The first kappa shape index (κ1) is 17.6. The molecule has 0 bridgehead atoms. The van der Waals surface area contributed by atoms with Crippen molar-refractivity contribution < 1.29 is 19.1 Å². The lowest BCUT2D eigenvalue weighted by Gasteiger charge is -2.18. The van der Waals surface area contributed by atoms with Crippen molar-refractivity contribution in [3.63, 3.8) is 0 Å². The summed E-state index contributed by atoms with van der Waals surface area (Å²) in [6.45, 7) is 9.28. The number of esters is 1. The summed E-state index contributed by atoms with van der Waals surface area (Å²) in [4.78, 5) is 23.3. The molecular formula is C15H24O4. The highest BCUT2D eigenvalue weighted by Gasteiger charge is 2.23. The highest BCUT2D eigenvalue weighted by molar-refractivity contribution is 5.88. The molecule has 1 unspecified atom stereocenters. The van der Waals surface area contributed by atoms with E-state index in [1.165, 1.54) is 6.08 Å². The van der Waals surface area contributed by atoms with Crippen LogP contribution in [0.1, 0.15) is 33.6 Å². The van der Waals surface area contributed by atoms with E-state index >= 15 is 0 Å². The molecule has 0 rings (SSSR count). The third-order valence-electron chi connectivity index (χ3n) is 2.74. The fraction of sp³-hybridized carbons (Fsp3) is 0.600. The summed E-state index contributed by atoms with van der Waals surface area (Å²) < 4.78 is 10.2. The zero-order valence-corrected chi connectivity index (χ0v) is 12.3. The minimum absolute atomic E-state index is 0.0797. The Morgan fingerprint density at radius 2 is 2.00 bits per heavy atom. The summed E-state index contributed by atoms with van der Waals surface area (Å²) >= 11 is 0. The van der Waals surface area contributed by atoms with Gasteiger partial charge in [0.05, 0.1) is 6.61 Å². The van der Waals surface area contributed by atoms with E-state index in [2.05, 4.69) is 6.58 Å². The minimum atomic E-state index is -0.650. The molecule has 4 heteroatoms. The van der Waals surface area contributed by atoms with E-state index in [1.807, 2.05) is 0 Å². The molecule has 1 atom stereocenters. The molecule has 0 aromatic carbocycles. The standard InChI is InChI=1S/C15H24O4/c1-6-8-12(11-18-5)19-14(17)9-10-15(3,4)13(16)7-2/h6,9-10,12H,1,7-8,11H2,2-5H3/b10-9+. The van der Waals surface area contributed by atoms with Gasteiger partial charge >= 0.3 is 5.97 Å². The van der Waals surface area contributed by atoms with Crippen LogP contribution < -0.4 is 0 Å². The Hall–Kier alpha value is -1.42. The second-order valence-electron chi connectivity index (χ2n) is 4.87. The maximum absolute atomic E-state index is 11.7. The van der Waals surface area contributed by atoms with Crippen molar-refractivity contribution in [2.24, 2.45) is 5.41 Å². The highest BCUT2D eigenvalue weighted by Crippen LogP contribution is 2.20. The Morgan fingerprint density at radius 1 is 1.37 bits per heavy atom. The van der Waals surface area contributed by atoms with Crippen LogP contribution in [0.4, 0.5) is 0 Å². The number of carbonyl (C=O) groups excluding carboxylic acids is 2. The molecule has 4 nitrogen and oxygen atoms in total. The zero-order chi connectivity index (χ0) is 14.9. The van der Waals surface area contributed by atoms with E-state index in [4.69, 9.17) is 9.47 Å². The largest absolute Gasteiger partial charge is 0.456 e. The van der Waals surface area contributed by atoms with E-state index in [0.717, 1.165) is 0 Å². The number of rotatable bonds is 9. The molecule has 0 spiro atoms. The molecule has 0 heterocycles. The van der Waals surface area contributed by atoms with Gasteiger partial charge in [-0.25, -0.2) is 4.79 Å². The number of hydrogen-bond acceptors (Lipinski definition) is 4. The molecule has 108 valence electrons. The lowest BCUT2D eigenvalue weighted by molar-refractivity contribution is -0.145. The molecule has 0 aliphatic carbocycles. The van der Waals surface area contributed by atoms with Crippen molar-refractivity contribution in [2.45, 2.75) is 39.7 Å². The zero-order valence-electron chi connectivity index (χ0n) is 12.3. The summed E-state index contributed by atoms with van der Waals surface area (Å²) in [5.41, 5.74) is -0.650. The second-order valence-corrected chi connectivity index (χ2v) is 4.87. The minimum Gasteiger partial charge on any atom is -0.456 e. The first-order chi connectivity index (χ1) is 8.87. The Kier molecular flexibility index (Phi) is 8.00. The molecule has 0 saturated heterocycles. The number of ketones is 1. The molecule has 0 fully saturated rings. The molecule has 0 saturated carbocycles. The topological polar surface area (TPSA) is 52.6 Å². The van der Waals surface area contributed by atoms with Gasteiger partial charge in [-0.1, -0.05) is 19.1 Å². The predicted molar refractivity (Wildman–Crippen MR) is 74.8 cm³/mol. The molecule has 0 aliphatic heterocycles. The third kappa shape index (κ3) is 6.91. The predicted octanol–water partition coefficient (Wildman–Crippen LogP) is 2.68. The van der Waals surface area contributed by atoms with Crippen LogP contribution in [-0.2, 0) is 19.1 Å². The maximum atomic E-state index is 11.7. The average Bonchev–Trinajstić information content (AvgIpc) is 2.36. The first-order valence-electron chi connectivity index (χ1n) is 6.40. The van der Waals surface area contributed by atoms with Gasteiger partial charge in [-0.15, -0.1) is 6.58 Å². The summed E-state index contributed by atoms with van der Waals surface area (Å²) in [6, 6.07) is 0. The van der Waals surface area contributed by atoms with Crippen LogP contribution in [-0.4, -0.2) is 31.6 Å².